The SMILES string of the molecule is CCNC(=NCc1nccn1Cc1ccccc1)N1CCC(OCC2CCCO2)CC1.I. The van der Waals surface area contributed by atoms with Crippen molar-refractivity contribution in [2.75, 3.05) is 32.8 Å². The number of ether oxygens (including phenoxy) is 2. The van der Waals surface area contributed by atoms with Crippen LogP contribution in [0.4, 0.5) is 0 Å². The Labute approximate surface area is 208 Å². The van der Waals surface area contributed by atoms with Crippen LogP contribution in [0.5, 0.6) is 0 Å². The van der Waals surface area contributed by atoms with Crippen molar-refractivity contribution in [3.63, 3.8) is 0 Å². The molecule has 1 atom stereocenters. The first-order valence-electron chi connectivity index (χ1n) is 11.6. The van der Waals surface area contributed by atoms with Crippen LogP contribution in [0.15, 0.2) is 47.7 Å². The second-order valence-corrected chi connectivity index (χ2v) is 8.28. The van der Waals surface area contributed by atoms with Crippen LogP contribution in [0, 0.1) is 0 Å². The quantitative estimate of drug-likeness (QED) is 0.307. The number of nitrogens with one attached hydrogen (secondary N) is 1. The van der Waals surface area contributed by atoms with Crippen LogP contribution in [0.2, 0.25) is 0 Å². The van der Waals surface area contributed by atoms with Crippen LogP contribution in [-0.2, 0) is 22.6 Å². The third-order valence-corrected chi connectivity index (χ3v) is 5.99. The normalized spacial score (nSPS) is 19.7. The molecule has 1 unspecified atom stereocenters. The number of likely N-dealkylation sites (tertiary alicyclic amines) is 1. The zero-order chi connectivity index (χ0) is 21.3. The number of rotatable bonds is 8. The second kappa shape index (κ2) is 13.2. The van der Waals surface area contributed by atoms with E-state index in [2.05, 4.69) is 51.0 Å². The van der Waals surface area contributed by atoms with Crippen LogP contribution < -0.4 is 5.32 Å². The van der Waals surface area contributed by atoms with Gasteiger partial charge in [0.1, 0.15) is 12.4 Å². The minimum absolute atomic E-state index is 0. The summed E-state index contributed by atoms with van der Waals surface area (Å²) >= 11 is 0. The fourth-order valence-corrected chi connectivity index (χ4v) is 4.24. The summed E-state index contributed by atoms with van der Waals surface area (Å²) in [5.74, 6) is 1.95. The molecule has 0 amide bonds. The zero-order valence-corrected chi connectivity index (χ0v) is 21.3. The number of halogens is 1. The maximum atomic E-state index is 6.12. The van der Waals surface area contributed by atoms with Gasteiger partial charge in [-0.25, -0.2) is 9.98 Å². The van der Waals surface area contributed by atoms with E-state index in [4.69, 9.17) is 14.5 Å². The standard InChI is InChI=1S/C24H35N5O2.HI/c1-2-25-24(28-13-10-21(11-14-28)31-19-22-9-6-16-30-22)27-17-23-26-12-15-29(23)18-20-7-4-3-5-8-20;/h3-5,7-8,12,15,21-22H,2,6,9-11,13-14,16-19H2,1H3,(H,25,27);1H. The number of aromatic nitrogens is 2. The van der Waals surface area contributed by atoms with E-state index in [0.29, 0.717) is 18.8 Å². The predicted octanol–water partition coefficient (Wildman–Crippen LogP) is 3.67. The average Bonchev–Trinajstić information content (AvgIpc) is 3.49. The topological polar surface area (TPSA) is 63.9 Å². The van der Waals surface area contributed by atoms with Gasteiger partial charge in [-0.3, -0.25) is 0 Å². The number of guanidine groups is 1. The van der Waals surface area contributed by atoms with Crippen molar-refractivity contribution in [2.24, 2.45) is 4.99 Å². The lowest BCUT2D eigenvalue weighted by Gasteiger charge is -2.34. The Bertz CT molecular complexity index is 815. The number of hydrogen-bond donors (Lipinski definition) is 1. The molecule has 8 heteroatoms. The molecule has 0 bridgehead atoms. The summed E-state index contributed by atoms with van der Waals surface area (Å²) in [4.78, 5) is 11.8. The van der Waals surface area contributed by atoms with Gasteiger partial charge in [0.2, 0.25) is 0 Å². The highest BCUT2D eigenvalue weighted by Crippen LogP contribution is 2.18. The molecule has 2 aliphatic heterocycles. The van der Waals surface area contributed by atoms with E-state index in [-0.39, 0.29) is 24.0 Å². The Hall–Kier alpha value is -1.65. The van der Waals surface area contributed by atoms with Gasteiger partial charge < -0.3 is 24.3 Å². The van der Waals surface area contributed by atoms with Crippen molar-refractivity contribution in [3.8, 4) is 0 Å². The largest absolute Gasteiger partial charge is 0.376 e. The fraction of sp³-hybridized carbons (Fsp3) is 0.583. The third kappa shape index (κ3) is 7.18. The zero-order valence-electron chi connectivity index (χ0n) is 19.0. The molecule has 7 nitrogen and oxygen atoms in total. The molecule has 3 heterocycles. The maximum absolute atomic E-state index is 6.12. The minimum Gasteiger partial charge on any atom is -0.376 e. The number of benzene rings is 1. The van der Waals surface area contributed by atoms with Crippen molar-refractivity contribution in [2.45, 2.75) is 57.9 Å². The molecule has 4 rings (SSSR count). The number of hydrogen-bond acceptors (Lipinski definition) is 4. The minimum atomic E-state index is 0. The average molecular weight is 553 g/mol. The number of aliphatic imine (C=N–C) groups is 1. The molecule has 2 fully saturated rings. The number of nitrogens with zero attached hydrogens (tertiary/aromatic N) is 4. The summed E-state index contributed by atoms with van der Waals surface area (Å²) in [6, 6.07) is 10.5. The lowest BCUT2D eigenvalue weighted by atomic mass is 10.1. The Morgan fingerprint density at radius 1 is 1.22 bits per heavy atom. The van der Waals surface area contributed by atoms with Gasteiger partial charge in [-0.05, 0) is 38.2 Å². The van der Waals surface area contributed by atoms with Crippen molar-refractivity contribution in [3.05, 3.63) is 54.1 Å². The Kier molecular flexibility index (Phi) is 10.3. The predicted molar refractivity (Wildman–Crippen MR) is 138 cm³/mol. The molecule has 0 aliphatic carbocycles. The van der Waals surface area contributed by atoms with Crippen molar-refractivity contribution >= 4 is 29.9 Å². The van der Waals surface area contributed by atoms with Gasteiger partial charge in [-0.1, -0.05) is 30.3 Å². The smallest absolute Gasteiger partial charge is 0.194 e. The second-order valence-electron chi connectivity index (χ2n) is 8.28. The molecule has 0 radical (unpaired) electrons. The van der Waals surface area contributed by atoms with Crippen LogP contribution in [0.1, 0.15) is 44.0 Å². The van der Waals surface area contributed by atoms with Gasteiger partial charge in [0, 0.05) is 45.2 Å². The monoisotopic (exact) mass is 553 g/mol. The molecule has 1 aromatic carbocycles. The van der Waals surface area contributed by atoms with Gasteiger partial charge in [0.25, 0.3) is 0 Å². The highest BCUT2D eigenvalue weighted by Gasteiger charge is 2.24. The molecule has 0 saturated carbocycles. The summed E-state index contributed by atoms with van der Waals surface area (Å²) in [5.41, 5.74) is 1.27. The molecule has 1 N–H and O–H groups in total. The van der Waals surface area contributed by atoms with Crippen molar-refractivity contribution in [1.82, 2.24) is 19.8 Å². The molecule has 2 aliphatic rings. The van der Waals surface area contributed by atoms with Gasteiger partial charge in [0.15, 0.2) is 5.96 Å². The fourth-order valence-electron chi connectivity index (χ4n) is 4.24. The highest BCUT2D eigenvalue weighted by molar-refractivity contribution is 14.0. The van der Waals surface area contributed by atoms with E-state index in [9.17, 15) is 0 Å². The Balaban J connectivity index is 0.00000289. The lowest BCUT2D eigenvalue weighted by Crippen LogP contribution is -2.47. The van der Waals surface area contributed by atoms with Crippen LogP contribution in [0.3, 0.4) is 0 Å². The first-order chi connectivity index (χ1) is 15.3. The van der Waals surface area contributed by atoms with E-state index in [0.717, 1.165) is 70.4 Å². The first-order valence-corrected chi connectivity index (χ1v) is 11.6. The molecule has 2 saturated heterocycles. The van der Waals surface area contributed by atoms with E-state index in [1.165, 1.54) is 12.0 Å². The van der Waals surface area contributed by atoms with Gasteiger partial charge in [-0.2, -0.15) is 0 Å². The summed E-state index contributed by atoms with van der Waals surface area (Å²) in [5, 5.41) is 3.45. The van der Waals surface area contributed by atoms with E-state index < -0.39 is 0 Å². The summed E-state index contributed by atoms with van der Waals surface area (Å²) in [6.07, 6.45) is 8.87. The maximum Gasteiger partial charge on any atom is 0.194 e. The summed E-state index contributed by atoms with van der Waals surface area (Å²) < 4.78 is 14.0. The molecule has 0 spiro atoms. The molecule has 176 valence electrons. The van der Waals surface area contributed by atoms with Crippen LogP contribution in [0.25, 0.3) is 0 Å². The Morgan fingerprint density at radius 2 is 2.03 bits per heavy atom. The third-order valence-electron chi connectivity index (χ3n) is 5.99. The first kappa shape index (κ1) is 25.0. The molecule has 32 heavy (non-hydrogen) atoms. The highest BCUT2D eigenvalue weighted by atomic mass is 127. The summed E-state index contributed by atoms with van der Waals surface area (Å²) in [7, 11) is 0. The lowest BCUT2D eigenvalue weighted by molar-refractivity contribution is -0.0367. The van der Waals surface area contributed by atoms with E-state index in [1.807, 2.05) is 18.5 Å². The molecular formula is C24H36IN5O2. The van der Waals surface area contributed by atoms with E-state index in [1.54, 1.807) is 0 Å². The van der Waals surface area contributed by atoms with Gasteiger partial charge >= 0.3 is 0 Å². The molecular weight excluding hydrogens is 517 g/mol. The van der Waals surface area contributed by atoms with Crippen molar-refractivity contribution < 1.29 is 9.47 Å². The van der Waals surface area contributed by atoms with Gasteiger partial charge in [-0.15, -0.1) is 24.0 Å². The number of imidazole rings is 1. The van der Waals surface area contributed by atoms with Crippen LogP contribution in [-0.4, -0.2) is 65.5 Å². The van der Waals surface area contributed by atoms with Crippen LogP contribution >= 0.6 is 24.0 Å². The molecule has 1 aromatic heterocycles. The van der Waals surface area contributed by atoms with Crippen molar-refractivity contribution in [1.29, 1.82) is 0 Å². The molecule has 2 aromatic rings. The van der Waals surface area contributed by atoms with Gasteiger partial charge in [0.05, 0.1) is 18.8 Å². The Morgan fingerprint density at radius 3 is 2.75 bits per heavy atom. The summed E-state index contributed by atoms with van der Waals surface area (Å²) in [6.45, 7) is 7.89. The number of piperidine rings is 1. The van der Waals surface area contributed by atoms with E-state index >= 15 is 0 Å².